The van der Waals surface area contributed by atoms with Crippen LogP contribution in [0.1, 0.15) is 32.3 Å². The van der Waals surface area contributed by atoms with E-state index in [-0.39, 0.29) is 29.9 Å². The van der Waals surface area contributed by atoms with Gasteiger partial charge in [-0.05, 0) is 61.1 Å². The van der Waals surface area contributed by atoms with Crippen molar-refractivity contribution in [1.82, 2.24) is 9.62 Å². The first-order chi connectivity index (χ1) is 16.1. The van der Waals surface area contributed by atoms with Gasteiger partial charge in [-0.3, -0.25) is 4.79 Å². The Bertz CT molecular complexity index is 1030. The van der Waals surface area contributed by atoms with E-state index in [2.05, 4.69) is 5.32 Å². The molecule has 0 aromatic heterocycles. The van der Waals surface area contributed by atoms with Crippen molar-refractivity contribution in [1.29, 1.82) is 0 Å². The highest BCUT2D eigenvalue weighted by Gasteiger charge is 2.31. The van der Waals surface area contributed by atoms with Gasteiger partial charge in [-0.25, -0.2) is 8.42 Å². The molecule has 34 heavy (non-hydrogen) atoms. The Labute approximate surface area is 207 Å². The zero-order chi connectivity index (χ0) is 25.3. The third-order valence-corrected chi connectivity index (χ3v) is 7.70. The molecule has 0 saturated carbocycles. The molecule has 0 radical (unpaired) electrons. The molecule has 0 aliphatic rings. The SMILES string of the molecule is CC(C)CN(C(CO)CCCNC(=O)[C@@H](N)Cc1ccccc1Cl)S(=O)(=O)c1ccc(N)cc1. The van der Waals surface area contributed by atoms with Crippen molar-refractivity contribution in [2.24, 2.45) is 11.7 Å². The molecule has 0 aliphatic heterocycles. The summed E-state index contributed by atoms with van der Waals surface area (Å²) in [5.74, 6) is -0.255. The fourth-order valence-electron chi connectivity index (χ4n) is 3.58. The van der Waals surface area contributed by atoms with E-state index in [9.17, 15) is 18.3 Å². The Morgan fingerprint density at radius 1 is 1.15 bits per heavy atom. The van der Waals surface area contributed by atoms with Crippen LogP contribution in [0.2, 0.25) is 5.02 Å². The van der Waals surface area contributed by atoms with Crippen LogP contribution in [-0.4, -0.2) is 55.5 Å². The number of halogens is 1. The highest BCUT2D eigenvalue weighted by molar-refractivity contribution is 7.89. The normalized spacial score (nSPS) is 13.7. The van der Waals surface area contributed by atoms with Crippen LogP contribution in [0.15, 0.2) is 53.4 Å². The Kier molecular flexibility index (Phi) is 10.8. The van der Waals surface area contributed by atoms with Crippen LogP contribution >= 0.6 is 11.6 Å². The predicted molar refractivity (Wildman–Crippen MR) is 136 cm³/mol. The molecule has 2 aromatic rings. The summed E-state index contributed by atoms with van der Waals surface area (Å²) in [6.07, 6.45) is 1.16. The molecule has 1 unspecified atom stereocenters. The number of nitrogens with two attached hydrogens (primary N) is 2. The van der Waals surface area contributed by atoms with Gasteiger partial charge in [-0.2, -0.15) is 4.31 Å². The highest BCUT2D eigenvalue weighted by Crippen LogP contribution is 2.23. The molecule has 0 bridgehead atoms. The van der Waals surface area contributed by atoms with Crippen LogP contribution < -0.4 is 16.8 Å². The number of sulfonamides is 1. The van der Waals surface area contributed by atoms with E-state index in [0.29, 0.717) is 36.5 Å². The lowest BCUT2D eigenvalue weighted by Crippen LogP contribution is -2.45. The summed E-state index contributed by atoms with van der Waals surface area (Å²) in [7, 11) is -3.83. The molecule has 10 heteroatoms. The zero-order valence-electron chi connectivity index (χ0n) is 19.7. The second-order valence-corrected chi connectivity index (χ2v) is 11.0. The summed E-state index contributed by atoms with van der Waals surface area (Å²) < 4.78 is 27.9. The largest absolute Gasteiger partial charge is 0.399 e. The molecule has 0 heterocycles. The highest BCUT2D eigenvalue weighted by atomic mass is 35.5. The van der Waals surface area contributed by atoms with Gasteiger partial charge in [0.05, 0.1) is 17.5 Å². The maximum atomic E-state index is 13.3. The van der Waals surface area contributed by atoms with Gasteiger partial charge in [-0.15, -0.1) is 0 Å². The van der Waals surface area contributed by atoms with Gasteiger partial charge in [0, 0.05) is 29.8 Å². The molecule has 2 aromatic carbocycles. The quantitative estimate of drug-likeness (QED) is 0.241. The van der Waals surface area contributed by atoms with E-state index < -0.39 is 22.1 Å². The number of carbonyl (C=O) groups excluding carboxylic acids is 1. The summed E-state index contributed by atoms with van der Waals surface area (Å²) in [6.45, 7) is 4.07. The minimum absolute atomic E-state index is 0.0557. The van der Waals surface area contributed by atoms with Gasteiger partial charge < -0.3 is 21.9 Å². The summed E-state index contributed by atoms with van der Waals surface area (Å²) in [5, 5.41) is 13.4. The molecule has 1 amide bonds. The van der Waals surface area contributed by atoms with Crippen molar-refractivity contribution in [3.8, 4) is 0 Å². The molecule has 2 rings (SSSR count). The Hall–Kier alpha value is -2.17. The third-order valence-electron chi connectivity index (χ3n) is 5.40. The van der Waals surface area contributed by atoms with Gasteiger partial charge in [0.15, 0.2) is 0 Å². The fraction of sp³-hybridized carbons (Fsp3) is 0.458. The van der Waals surface area contributed by atoms with Crippen molar-refractivity contribution in [3.63, 3.8) is 0 Å². The molecular weight excluding hydrogens is 476 g/mol. The summed E-state index contributed by atoms with van der Waals surface area (Å²) in [6, 6.07) is 11.8. The molecule has 8 nitrogen and oxygen atoms in total. The standard InChI is InChI=1S/C24H35ClN4O4S/c1-17(2)15-29(34(32,33)21-11-9-19(26)10-12-21)20(16-30)7-5-13-28-24(31)23(27)14-18-6-3-4-8-22(18)25/h3-4,6,8-12,17,20,23,30H,5,7,13-16,26-27H2,1-2H3,(H,28,31)/t20?,23-/m0/s1. The Morgan fingerprint density at radius 2 is 1.79 bits per heavy atom. The lowest BCUT2D eigenvalue weighted by molar-refractivity contribution is -0.122. The topological polar surface area (TPSA) is 139 Å². The summed E-state index contributed by atoms with van der Waals surface area (Å²) >= 11 is 6.13. The number of amides is 1. The number of nitrogens with zero attached hydrogens (tertiary/aromatic N) is 1. The van der Waals surface area contributed by atoms with Crippen LogP contribution in [0.4, 0.5) is 5.69 Å². The minimum atomic E-state index is -3.83. The number of aliphatic hydroxyl groups excluding tert-OH is 1. The minimum Gasteiger partial charge on any atom is -0.399 e. The molecule has 2 atom stereocenters. The fourth-order valence-corrected chi connectivity index (χ4v) is 5.60. The average molecular weight is 511 g/mol. The molecule has 0 aliphatic carbocycles. The Balaban J connectivity index is 1.97. The van der Waals surface area contributed by atoms with Crippen LogP contribution in [-0.2, 0) is 21.2 Å². The molecule has 0 fully saturated rings. The zero-order valence-corrected chi connectivity index (χ0v) is 21.2. The van der Waals surface area contributed by atoms with Crippen LogP contribution in [0.25, 0.3) is 0 Å². The molecule has 0 spiro atoms. The lowest BCUT2D eigenvalue weighted by Gasteiger charge is -2.31. The van der Waals surface area contributed by atoms with Crippen molar-refractivity contribution in [2.45, 2.75) is 50.1 Å². The number of carbonyl (C=O) groups is 1. The van der Waals surface area contributed by atoms with E-state index in [1.807, 2.05) is 32.0 Å². The van der Waals surface area contributed by atoms with Crippen LogP contribution in [0.3, 0.4) is 0 Å². The van der Waals surface area contributed by atoms with Crippen LogP contribution in [0, 0.1) is 5.92 Å². The van der Waals surface area contributed by atoms with Crippen molar-refractivity contribution in [2.75, 3.05) is 25.4 Å². The number of nitrogen functional groups attached to an aromatic ring is 1. The first kappa shape index (κ1) is 28.1. The van der Waals surface area contributed by atoms with Crippen molar-refractivity contribution in [3.05, 3.63) is 59.1 Å². The molecular formula is C24H35ClN4O4S. The van der Waals surface area contributed by atoms with Gasteiger partial charge in [0.25, 0.3) is 0 Å². The molecule has 188 valence electrons. The number of anilines is 1. The second-order valence-electron chi connectivity index (χ2n) is 8.71. The number of aliphatic hydroxyl groups is 1. The smallest absolute Gasteiger partial charge is 0.243 e. The first-order valence-electron chi connectivity index (χ1n) is 11.3. The Morgan fingerprint density at radius 3 is 2.38 bits per heavy atom. The van der Waals surface area contributed by atoms with E-state index in [0.717, 1.165) is 5.56 Å². The van der Waals surface area contributed by atoms with Gasteiger partial charge in [0.2, 0.25) is 15.9 Å². The number of hydrogen-bond donors (Lipinski definition) is 4. The first-order valence-corrected chi connectivity index (χ1v) is 13.1. The van der Waals surface area contributed by atoms with E-state index in [1.165, 1.54) is 28.6 Å². The number of hydrogen-bond acceptors (Lipinski definition) is 6. The van der Waals surface area contributed by atoms with Crippen molar-refractivity contribution < 1.29 is 18.3 Å². The van der Waals surface area contributed by atoms with E-state index in [4.69, 9.17) is 23.1 Å². The third kappa shape index (κ3) is 7.95. The maximum Gasteiger partial charge on any atom is 0.243 e. The average Bonchev–Trinajstić information content (AvgIpc) is 2.79. The van der Waals surface area contributed by atoms with Crippen LogP contribution in [0.5, 0.6) is 0 Å². The van der Waals surface area contributed by atoms with E-state index >= 15 is 0 Å². The van der Waals surface area contributed by atoms with Crippen molar-refractivity contribution >= 4 is 33.2 Å². The van der Waals surface area contributed by atoms with Gasteiger partial charge in [0.1, 0.15) is 0 Å². The lowest BCUT2D eigenvalue weighted by atomic mass is 10.1. The monoisotopic (exact) mass is 510 g/mol. The summed E-state index contributed by atoms with van der Waals surface area (Å²) in [5.41, 5.74) is 13.0. The summed E-state index contributed by atoms with van der Waals surface area (Å²) in [4.78, 5) is 12.5. The second kappa shape index (κ2) is 13.1. The predicted octanol–water partition coefficient (Wildman–Crippen LogP) is 2.40. The molecule has 6 N–H and O–H groups in total. The number of nitrogens with one attached hydrogen (secondary N) is 1. The number of benzene rings is 2. The van der Waals surface area contributed by atoms with E-state index in [1.54, 1.807) is 6.07 Å². The van der Waals surface area contributed by atoms with Gasteiger partial charge in [-0.1, -0.05) is 43.6 Å². The van der Waals surface area contributed by atoms with Gasteiger partial charge >= 0.3 is 0 Å². The number of rotatable bonds is 13. The maximum absolute atomic E-state index is 13.3. The molecule has 0 saturated heterocycles.